The van der Waals surface area contributed by atoms with E-state index in [0.29, 0.717) is 0 Å². The number of carboxylic acids is 1. The van der Waals surface area contributed by atoms with Gasteiger partial charge in [0.25, 0.3) is 0 Å². The monoisotopic (exact) mass is 424 g/mol. The quantitative estimate of drug-likeness (QED) is 0.430. The molecule has 7 heteroatoms. The van der Waals surface area contributed by atoms with Crippen LogP contribution in [-0.4, -0.2) is 53.7 Å². The number of aromatic nitrogens is 1. The van der Waals surface area contributed by atoms with Crippen molar-refractivity contribution in [3.63, 3.8) is 0 Å². The highest BCUT2D eigenvalue weighted by Crippen LogP contribution is 2.23. The van der Waals surface area contributed by atoms with E-state index in [1.54, 1.807) is 0 Å². The van der Waals surface area contributed by atoms with Crippen molar-refractivity contribution >= 4 is 11.8 Å². The van der Waals surface area contributed by atoms with Crippen LogP contribution < -0.4 is 4.90 Å². The Kier molecular flexibility index (Phi) is 8.53. The van der Waals surface area contributed by atoms with Crippen LogP contribution in [0.4, 0.5) is 5.82 Å². The first-order chi connectivity index (χ1) is 15.0. The van der Waals surface area contributed by atoms with Crippen LogP contribution in [-0.2, 0) is 11.2 Å². The number of hydrogen-bond acceptors (Lipinski definition) is 6. The van der Waals surface area contributed by atoms with Crippen molar-refractivity contribution in [2.75, 3.05) is 37.6 Å². The molecule has 0 bridgehead atoms. The molecule has 0 saturated carbocycles. The van der Waals surface area contributed by atoms with Crippen LogP contribution in [0.25, 0.3) is 0 Å². The number of carbonyl (C=O) groups is 1. The number of nitroso groups, excluding NO2 is 1. The number of unbranched alkanes of at least 4 members (excludes halogenated alkanes) is 1. The van der Waals surface area contributed by atoms with Gasteiger partial charge in [0.15, 0.2) is 0 Å². The summed E-state index contributed by atoms with van der Waals surface area (Å²) in [7, 11) is 0. The third-order valence-corrected chi connectivity index (χ3v) is 5.88. The normalized spacial score (nSPS) is 15.6. The van der Waals surface area contributed by atoms with Gasteiger partial charge in [-0.25, -0.2) is 4.98 Å². The van der Waals surface area contributed by atoms with Crippen molar-refractivity contribution in [3.8, 4) is 0 Å². The van der Waals surface area contributed by atoms with Gasteiger partial charge >= 0.3 is 5.97 Å². The van der Waals surface area contributed by atoms with E-state index in [1.807, 2.05) is 37.3 Å². The SMILES string of the molecule is Cc1cccc(N2CCN(CCCCc3ccc(C(CCC(=O)O)N=O)cc3)CC2)n1. The molecule has 2 heterocycles. The van der Waals surface area contributed by atoms with Gasteiger partial charge in [0, 0.05) is 38.3 Å². The van der Waals surface area contributed by atoms with E-state index < -0.39 is 12.0 Å². The molecule has 0 spiro atoms. The molecule has 0 radical (unpaired) electrons. The molecule has 1 aromatic heterocycles. The molecule has 0 aliphatic carbocycles. The van der Waals surface area contributed by atoms with Crippen molar-refractivity contribution in [3.05, 3.63) is 64.2 Å². The number of carboxylic acid groups (broad SMARTS) is 1. The third-order valence-electron chi connectivity index (χ3n) is 5.88. The van der Waals surface area contributed by atoms with E-state index in [9.17, 15) is 9.70 Å². The molecule has 31 heavy (non-hydrogen) atoms. The molecule has 1 aliphatic rings. The lowest BCUT2D eigenvalue weighted by atomic mass is 9.99. The van der Waals surface area contributed by atoms with Crippen LogP contribution in [0.2, 0.25) is 0 Å². The Morgan fingerprint density at radius 1 is 1.10 bits per heavy atom. The molecule has 0 amide bonds. The summed E-state index contributed by atoms with van der Waals surface area (Å²) in [5.41, 5.74) is 3.09. The molecule has 1 aromatic carbocycles. The molecule has 1 unspecified atom stereocenters. The average Bonchev–Trinajstić information content (AvgIpc) is 2.78. The maximum atomic E-state index is 11.0. The fraction of sp³-hybridized carbons (Fsp3) is 0.500. The Morgan fingerprint density at radius 3 is 2.48 bits per heavy atom. The fourth-order valence-corrected chi connectivity index (χ4v) is 4.02. The predicted molar refractivity (Wildman–Crippen MR) is 122 cm³/mol. The molecule has 1 N–H and O–H groups in total. The standard InChI is InChI=1S/C24H32N4O3/c1-19-5-4-7-23(25-19)28-17-15-27(16-18-28)14-3-2-6-20-8-10-21(11-9-20)22(26-31)12-13-24(29)30/h4-5,7-11,22H,2-3,6,12-18H2,1H3,(H,29,30). The van der Waals surface area contributed by atoms with Gasteiger partial charge in [0.1, 0.15) is 11.9 Å². The van der Waals surface area contributed by atoms with Crippen molar-refractivity contribution in [1.29, 1.82) is 0 Å². The van der Waals surface area contributed by atoms with Gasteiger partial charge in [0.2, 0.25) is 0 Å². The molecular formula is C24H32N4O3. The number of aryl methyl sites for hydroxylation is 2. The molecule has 7 nitrogen and oxygen atoms in total. The van der Waals surface area contributed by atoms with Crippen molar-refractivity contribution < 1.29 is 9.90 Å². The van der Waals surface area contributed by atoms with Gasteiger partial charge < -0.3 is 10.0 Å². The Morgan fingerprint density at radius 2 is 1.84 bits per heavy atom. The fourth-order valence-electron chi connectivity index (χ4n) is 4.02. The van der Waals surface area contributed by atoms with E-state index in [1.165, 1.54) is 5.56 Å². The summed E-state index contributed by atoms with van der Waals surface area (Å²) in [4.78, 5) is 31.3. The first-order valence-electron chi connectivity index (χ1n) is 11.1. The Labute approximate surface area is 184 Å². The topological polar surface area (TPSA) is 86.1 Å². The number of hydrogen-bond donors (Lipinski definition) is 1. The first kappa shape index (κ1) is 22.9. The summed E-state index contributed by atoms with van der Waals surface area (Å²) in [6.07, 6.45) is 3.47. The van der Waals surface area contributed by atoms with Crippen LogP contribution >= 0.6 is 0 Å². The molecule has 3 rings (SSSR count). The Hall–Kier alpha value is -2.80. The first-order valence-corrected chi connectivity index (χ1v) is 11.1. The largest absolute Gasteiger partial charge is 0.481 e. The second-order valence-electron chi connectivity index (χ2n) is 8.22. The average molecular weight is 425 g/mol. The smallest absolute Gasteiger partial charge is 0.303 e. The van der Waals surface area contributed by atoms with E-state index in [0.717, 1.165) is 69.1 Å². The number of benzene rings is 1. The molecule has 1 fully saturated rings. The number of nitrogens with zero attached hydrogens (tertiary/aromatic N) is 4. The lowest BCUT2D eigenvalue weighted by Gasteiger charge is -2.35. The predicted octanol–water partition coefficient (Wildman–Crippen LogP) is 4.21. The van der Waals surface area contributed by atoms with Gasteiger partial charge in [0.05, 0.1) is 0 Å². The van der Waals surface area contributed by atoms with Gasteiger partial charge in [-0.05, 0) is 62.4 Å². The summed E-state index contributed by atoms with van der Waals surface area (Å²) in [6, 6.07) is 13.5. The van der Waals surface area contributed by atoms with Crippen LogP contribution in [0, 0.1) is 11.8 Å². The highest BCUT2D eigenvalue weighted by molar-refractivity contribution is 5.66. The minimum Gasteiger partial charge on any atom is -0.481 e. The number of piperazine rings is 1. The molecular weight excluding hydrogens is 392 g/mol. The summed E-state index contributed by atoms with van der Waals surface area (Å²) >= 11 is 0. The Bertz CT molecular complexity index is 848. The van der Waals surface area contributed by atoms with Crippen LogP contribution in [0.5, 0.6) is 0 Å². The minimum absolute atomic E-state index is 0.0477. The van der Waals surface area contributed by atoms with E-state index in [2.05, 4.69) is 32.1 Å². The molecule has 166 valence electrons. The second-order valence-corrected chi connectivity index (χ2v) is 8.22. The minimum atomic E-state index is -0.904. The number of aliphatic carboxylic acids is 1. The summed E-state index contributed by atoms with van der Waals surface area (Å²) in [5, 5.41) is 11.9. The zero-order chi connectivity index (χ0) is 22.1. The lowest BCUT2D eigenvalue weighted by molar-refractivity contribution is -0.137. The van der Waals surface area contributed by atoms with Crippen molar-refractivity contribution in [1.82, 2.24) is 9.88 Å². The van der Waals surface area contributed by atoms with Crippen molar-refractivity contribution in [2.45, 2.75) is 45.1 Å². The molecule has 1 saturated heterocycles. The van der Waals surface area contributed by atoms with Crippen LogP contribution in [0.1, 0.15) is 48.5 Å². The number of rotatable bonds is 11. The van der Waals surface area contributed by atoms with Gasteiger partial charge in [-0.2, -0.15) is 4.91 Å². The van der Waals surface area contributed by atoms with Gasteiger partial charge in [-0.15, -0.1) is 0 Å². The maximum Gasteiger partial charge on any atom is 0.303 e. The lowest BCUT2D eigenvalue weighted by Crippen LogP contribution is -2.46. The van der Waals surface area contributed by atoms with Crippen LogP contribution in [0.3, 0.4) is 0 Å². The second kappa shape index (κ2) is 11.6. The Balaban J connectivity index is 1.35. The maximum absolute atomic E-state index is 11.0. The summed E-state index contributed by atoms with van der Waals surface area (Å²) < 4.78 is 0. The van der Waals surface area contributed by atoms with E-state index in [4.69, 9.17) is 5.11 Å². The third kappa shape index (κ3) is 7.14. The summed E-state index contributed by atoms with van der Waals surface area (Å²) in [6.45, 7) is 7.32. The summed E-state index contributed by atoms with van der Waals surface area (Å²) in [5.74, 6) is 0.177. The molecule has 1 atom stereocenters. The van der Waals surface area contributed by atoms with Crippen LogP contribution in [0.15, 0.2) is 47.6 Å². The van der Waals surface area contributed by atoms with E-state index in [-0.39, 0.29) is 12.8 Å². The molecule has 1 aliphatic heterocycles. The van der Waals surface area contributed by atoms with Gasteiger partial charge in [-0.1, -0.05) is 35.5 Å². The number of anilines is 1. The van der Waals surface area contributed by atoms with Gasteiger partial charge in [-0.3, -0.25) is 9.69 Å². The zero-order valence-corrected chi connectivity index (χ0v) is 18.2. The van der Waals surface area contributed by atoms with Crippen molar-refractivity contribution in [2.24, 2.45) is 5.18 Å². The molecule has 2 aromatic rings. The number of pyridine rings is 1. The zero-order valence-electron chi connectivity index (χ0n) is 18.2. The van der Waals surface area contributed by atoms with E-state index >= 15 is 0 Å². The highest BCUT2D eigenvalue weighted by Gasteiger charge is 2.17. The highest BCUT2D eigenvalue weighted by atomic mass is 16.4.